The molecule has 2 N–H and O–H groups in total. The highest BCUT2D eigenvalue weighted by atomic mass is 32.2. The third-order valence-electron chi connectivity index (χ3n) is 1.92. The minimum Gasteiger partial charge on any atom is -0.460 e. The van der Waals surface area contributed by atoms with E-state index in [1.807, 2.05) is 0 Å². The number of nitrogens with two attached hydrogens (primary N) is 1. The molecule has 1 aromatic rings. The molecule has 1 aromatic carbocycles. The average Bonchev–Trinajstić information content (AvgIpc) is 2.28. The van der Waals surface area contributed by atoms with Crippen molar-refractivity contribution in [3.8, 4) is 0 Å². The molecule has 0 unspecified atom stereocenters. The summed E-state index contributed by atoms with van der Waals surface area (Å²) in [6.07, 6.45) is 0. The molecule has 0 fully saturated rings. The summed E-state index contributed by atoms with van der Waals surface area (Å²) in [6.45, 7) is 0.384. The minimum absolute atomic E-state index is 0.106. The molecular formula is C10H13NO5S. The highest BCUT2D eigenvalue weighted by Crippen LogP contribution is 2.10. The lowest BCUT2D eigenvalue weighted by atomic mass is 10.2. The van der Waals surface area contributed by atoms with E-state index in [0.29, 0.717) is 0 Å². The molecule has 0 aliphatic rings. The Bertz CT molecular complexity index is 497. The maximum absolute atomic E-state index is 11.5. The largest absolute Gasteiger partial charge is 0.460 e. The van der Waals surface area contributed by atoms with Gasteiger partial charge in [-0.1, -0.05) is 6.07 Å². The van der Waals surface area contributed by atoms with E-state index in [-0.39, 0.29) is 23.7 Å². The van der Waals surface area contributed by atoms with Gasteiger partial charge in [0, 0.05) is 7.11 Å². The van der Waals surface area contributed by atoms with Crippen LogP contribution in [-0.4, -0.2) is 34.7 Å². The first-order valence-electron chi connectivity index (χ1n) is 4.74. The van der Waals surface area contributed by atoms with Gasteiger partial charge >= 0.3 is 5.97 Å². The highest BCUT2D eigenvalue weighted by molar-refractivity contribution is 7.89. The molecule has 0 aliphatic carbocycles. The van der Waals surface area contributed by atoms with Crippen LogP contribution in [0.1, 0.15) is 10.4 Å². The molecule has 0 saturated carbocycles. The van der Waals surface area contributed by atoms with E-state index in [4.69, 9.17) is 14.6 Å². The van der Waals surface area contributed by atoms with Crippen LogP contribution in [0, 0.1) is 0 Å². The van der Waals surface area contributed by atoms with Gasteiger partial charge in [0.05, 0.1) is 17.1 Å². The third-order valence-corrected chi connectivity index (χ3v) is 2.83. The lowest BCUT2D eigenvalue weighted by Crippen LogP contribution is -2.14. The molecule has 0 amide bonds. The summed E-state index contributed by atoms with van der Waals surface area (Å²) < 4.78 is 31.7. The van der Waals surface area contributed by atoms with Gasteiger partial charge in [0.15, 0.2) is 0 Å². The zero-order valence-corrected chi connectivity index (χ0v) is 10.1. The second kappa shape index (κ2) is 5.76. The predicted octanol–water partition coefficient (Wildman–Crippen LogP) is 0.137. The van der Waals surface area contributed by atoms with E-state index < -0.39 is 16.0 Å². The van der Waals surface area contributed by atoms with Crippen molar-refractivity contribution in [1.82, 2.24) is 0 Å². The molecule has 1 rings (SSSR count). The SMILES string of the molecule is COCCOC(=O)c1cccc(S(N)(=O)=O)c1. The van der Waals surface area contributed by atoms with Gasteiger partial charge in [-0.2, -0.15) is 0 Å². The Labute approximate surface area is 99.4 Å². The lowest BCUT2D eigenvalue weighted by molar-refractivity contribution is 0.0388. The van der Waals surface area contributed by atoms with Crippen LogP contribution in [0.25, 0.3) is 0 Å². The molecule has 0 aliphatic heterocycles. The fourth-order valence-electron chi connectivity index (χ4n) is 1.10. The Kier molecular flexibility index (Phi) is 4.62. The Morgan fingerprint density at radius 2 is 2.06 bits per heavy atom. The van der Waals surface area contributed by atoms with Crippen molar-refractivity contribution in [1.29, 1.82) is 0 Å². The van der Waals surface area contributed by atoms with Crippen molar-refractivity contribution >= 4 is 16.0 Å². The number of carbonyl (C=O) groups excluding carboxylic acids is 1. The summed E-state index contributed by atoms with van der Waals surface area (Å²) in [5.41, 5.74) is 0.132. The number of hydrogen-bond donors (Lipinski definition) is 1. The summed E-state index contributed by atoms with van der Waals surface area (Å²) in [5.74, 6) is -0.618. The van der Waals surface area contributed by atoms with Crippen molar-refractivity contribution in [3.63, 3.8) is 0 Å². The van der Waals surface area contributed by atoms with Gasteiger partial charge in [0.1, 0.15) is 6.61 Å². The quantitative estimate of drug-likeness (QED) is 0.599. The summed E-state index contributed by atoms with van der Waals surface area (Å²) in [6, 6.07) is 5.35. The van der Waals surface area contributed by atoms with Gasteiger partial charge in [-0.25, -0.2) is 18.4 Å². The molecule has 0 bridgehead atoms. The maximum atomic E-state index is 11.5. The Balaban J connectivity index is 2.82. The first kappa shape index (κ1) is 13.6. The third kappa shape index (κ3) is 4.14. The van der Waals surface area contributed by atoms with Crippen LogP contribution < -0.4 is 5.14 Å². The summed E-state index contributed by atoms with van der Waals surface area (Å²) in [4.78, 5) is 11.4. The molecule has 17 heavy (non-hydrogen) atoms. The molecule has 0 spiro atoms. The number of ether oxygens (including phenoxy) is 2. The summed E-state index contributed by atoms with van der Waals surface area (Å²) in [7, 11) is -2.33. The molecule has 7 heteroatoms. The van der Waals surface area contributed by atoms with Crippen LogP contribution in [0.2, 0.25) is 0 Å². The van der Waals surface area contributed by atoms with Gasteiger partial charge in [0.2, 0.25) is 10.0 Å². The number of sulfonamides is 1. The zero-order valence-electron chi connectivity index (χ0n) is 9.25. The van der Waals surface area contributed by atoms with Gasteiger partial charge in [-0.3, -0.25) is 0 Å². The smallest absolute Gasteiger partial charge is 0.338 e. The van der Waals surface area contributed by atoms with Gasteiger partial charge in [-0.15, -0.1) is 0 Å². The van der Waals surface area contributed by atoms with Crippen LogP contribution in [0.4, 0.5) is 0 Å². The van der Waals surface area contributed by atoms with Crippen molar-refractivity contribution in [2.24, 2.45) is 5.14 Å². The number of benzene rings is 1. The van der Waals surface area contributed by atoms with Crippen molar-refractivity contribution in [3.05, 3.63) is 29.8 Å². The van der Waals surface area contributed by atoms with Gasteiger partial charge in [0.25, 0.3) is 0 Å². The number of rotatable bonds is 5. The Hall–Kier alpha value is -1.44. The van der Waals surface area contributed by atoms with Crippen LogP contribution in [0.3, 0.4) is 0 Å². The van der Waals surface area contributed by atoms with E-state index in [1.165, 1.54) is 31.4 Å². The second-order valence-electron chi connectivity index (χ2n) is 3.20. The predicted molar refractivity (Wildman–Crippen MR) is 60.0 cm³/mol. The molecule has 0 atom stereocenters. The fourth-order valence-corrected chi connectivity index (χ4v) is 1.66. The topological polar surface area (TPSA) is 95.7 Å². The first-order chi connectivity index (χ1) is 7.95. The number of primary sulfonamides is 1. The standard InChI is InChI=1S/C10H13NO5S/c1-15-5-6-16-10(12)8-3-2-4-9(7-8)17(11,13)14/h2-4,7H,5-6H2,1H3,(H2,11,13,14). The van der Waals surface area contributed by atoms with Gasteiger partial charge < -0.3 is 9.47 Å². The number of methoxy groups -OCH3 is 1. The molecule has 0 heterocycles. The number of hydrogen-bond acceptors (Lipinski definition) is 5. The number of carbonyl (C=O) groups is 1. The normalized spacial score (nSPS) is 11.2. The average molecular weight is 259 g/mol. The van der Waals surface area contributed by atoms with E-state index in [2.05, 4.69) is 0 Å². The Morgan fingerprint density at radius 1 is 1.35 bits per heavy atom. The fraction of sp³-hybridized carbons (Fsp3) is 0.300. The maximum Gasteiger partial charge on any atom is 0.338 e. The second-order valence-corrected chi connectivity index (χ2v) is 4.76. The minimum atomic E-state index is -3.82. The molecule has 0 radical (unpaired) electrons. The highest BCUT2D eigenvalue weighted by Gasteiger charge is 2.12. The van der Waals surface area contributed by atoms with Crippen molar-refractivity contribution < 1.29 is 22.7 Å². The molecule has 0 saturated heterocycles. The molecule has 94 valence electrons. The van der Waals surface area contributed by atoms with Crippen LogP contribution in [-0.2, 0) is 19.5 Å². The van der Waals surface area contributed by atoms with Crippen LogP contribution >= 0.6 is 0 Å². The Morgan fingerprint density at radius 3 is 2.65 bits per heavy atom. The first-order valence-corrected chi connectivity index (χ1v) is 6.28. The van der Waals surface area contributed by atoms with Crippen LogP contribution in [0.15, 0.2) is 29.2 Å². The molecule has 6 nitrogen and oxygen atoms in total. The monoisotopic (exact) mass is 259 g/mol. The summed E-state index contributed by atoms with van der Waals surface area (Å²) >= 11 is 0. The van der Waals surface area contributed by atoms with E-state index in [1.54, 1.807) is 0 Å². The molecule has 0 aromatic heterocycles. The zero-order chi connectivity index (χ0) is 12.9. The van der Waals surface area contributed by atoms with E-state index in [9.17, 15) is 13.2 Å². The molecular weight excluding hydrogens is 246 g/mol. The van der Waals surface area contributed by atoms with Gasteiger partial charge in [-0.05, 0) is 18.2 Å². The lowest BCUT2D eigenvalue weighted by Gasteiger charge is -2.05. The van der Waals surface area contributed by atoms with Crippen molar-refractivity contribution in [2.75, 3.05) is 20.3 Å². The number of esters is 1. The summed E-state index contributed by atoms with van der Waals surface area (Å²) in [5, 5.41) is 4.95. The van der Waals surface area contributed by atoms with Crippen molar-refractivity contribution in [2.45, 2.75) is 4.90 Å². The van der Waals surface area contributed by atoms with Crippen LogP contribution in [0.5, 0.6) is 0 Å². The van der Waals surface area contributed by atoms with E-state index in [0.717, 1.165) is 0 Å². The van der Waals surface area contributed by atoms with E-state index >= 15 is 0 Å².